The molecule has 1 aliphatic rings. The van der Waals surface area contributed by atoms with Gasteiger partial charge in [-0.25, -0.2) is 17.6 Å². The molecule has 1 N–H and O–H groups in total. The summed E-state index contributed by atoms with van der Waals surface area (Å²) in [5, 5.41) is 9.83. The Bertz CT molecular complexity index is 896. The number of hydrogen-bond donors (Lipinski definition) is 1. The lowest BCUT2D eigenvalue weighted by Crippen LogP contribution is -2.29. The van der Waals surface area contributed by atoms with Crippen LogP contribution >= 0.6 is 11.8 Å². The van der Waals surface area contributed by atoms with Crippen molar-refractivity contribution >= 4 is 23.1 Å². The monoisotopic (exact) mass is 453 g/mol. The first-order chi connectivity index (χ1) is 13.8. The number of phenolic OH excluding ortho intramolecular Hbond substituents is 1. The Kier molecular flexibility index (Phi) is 6.18. The van der Waals surface area contributed by atoms with E-state index in [0.717, 1.165) is 18.2 Å². The van der Waals surface area contributed by atoms with Crippen molar-refractivity contribution in [2.75, 3.05) is 11.4 Å². The molecule has 0 unspecified atom stereocenters. The molecule has 30 heavy (non-hydrogen) atoms. The van der Waals surface area contributed by atoms with Crippen molar-refractivity contribution in [3.8, 4) is 5.75 Å². The molecule has 2 aromatic rings. The number of phenols is 1. The number of halogens is 7. The van der Waals surface area contributed by atoms with Gasteiger partial charge >= 0.3 is 6.18 Å². The number of benzene rings is 2. The first-order valence-electron chi connectivity index (χ1n) is 9.01. The van der Waals surface area contributed by atoms with Crippen LogP contribution in [0.2, 0.25) is 0 Å². The van der Waals surface area contributed by atoms with E-state index in [1.807, 2.05) is 0 Å². The van der Waals surface area contributed by atoms with E-state index in [1.54, 1.807) is 0 Å². The topological polar surface area (TPSA) is 23.5 Å². The van der Waals surface area contributed by atoms with E-state index < -0.39 is 47.1 Å². The van der Waals surface area contributed by atoms with Gasteiger partial charge in [0.2, 0.25) is 5.92 Å². The minimum Gasteiger partial charge on any atom is -0.507 e. The predicted octanol–water partition coefficient (Wildman–Crippen LogP) is 7.14. The SMILES string of the molecule is CC(F)(F)CC[C@@H]1CN(c2ccc(F)cc2)c2cc(C(F)(F)F)c(O)cc2S[C@@H]1F. The first-order valence-corrected chi connectivity index (χ1v) is 9.89. The maximum absolute atomic E-state index is 14.9. The van der Waals surface area contributed by atoms with Crippen LogP contribution in [0.3, 0.4) is 0 Å². The molecule has 2 atom stereocenters. The van der Waals surface area contributed by atoms with E-state index in [0.29, 0.717) is 24.8 Å². The Morgan fingerprint density at radius 1 is 1.10 bits per heavy atom. The minimum absolute atomic E-state index is 0.0306. The molecule has 0 fully saturated rings. The average molecular weight is 453 g/mol. The van der Waals surface area contributed by atoms with Gasteiger partial charge in [0.1, 0.15) is 11.6 Å². The number of nitrogens with zero attached hydrogens (tertiary/aromatic N) is 1. The van der Waals surface area contributed by atoms with Gasteiger partial charge < -0.3 is 10.0 Å². The Hall–Kier alpha value is -2.10. The smallest absolute Gasteiger partial charge is 0.420 e. The van der Waals surface area contributed by atoms with Crippen LogP contribution in [0.1, 0.15) is 25.3 Å². The molecule has 2 aromatic carbocycles. The highest BCUT2D eigenvalue weighted by Gasteiger charge is 2.38. The van der Waals surface area contributed by atoms with Gasteiger partial charge in [0.15, 0.2) is 5.50 Å². The molecule has 0 saturated carbocycles. The second-order valence-corrected chi connectivity index (χ2v) is 8.39. The Morgan fingerprint density at radius 2 is 1.73 bits per heavy atom. The van der Waals surface area contributed by atoms with E-state index in [1.165, 1.54) is 17.0 Å². The summed E-state index contributed by atoms with van der Waals surface area (Å²) >= 11 is 0.572. The van der Waals surface area contributed by atoms with Crippen molar-refractivity contribution in [1.82, 2.24) is 0 Å². The highest BCUT2D eigenvalue weighted by molar-refractivity contribution is 8.00. The molecular formula is C20H18F7NOS. The van der Waals surface area contributed by atoms with Gasteiger partial charge in [0.25, 0.3) is 0 Å². The van der Waals surface area contributed by atoms with E-state index >= 15 is 0 Å². The van der Waals surface area contributed by atoms with E-state index in [-0.39, 0.29) is 29.2 Å². The molecule has 0 radical (unpaired) electrons. The fourth-order valence-electron chi connectivity index (χ4n) is 3.25. The Balaban J connectivity index is 2.09. The molecule has 1 aliphatic heterocycles. The molecule has 0 bridgehead atoms. The molecular weight excluding hydrogens is 435 g/mol. The number of thioether (sulfide) groups is 1. The van der Waals surface area contributed by atoms with Crippen LogP contribution < -0.4 is 4.90 Å². The van der Waals surface area contributed by atoms with Crippen molar-refractivity contribution in [3.63, 3.8) is 0 Å². The minimum atomic E-state index is -4.86. The van der Waals surface area contributed by atoms with E-state index in [4.69, 9.17) is 0 Å². The summed E-state index contributed by atoms with van der Waals surface area (Å²) in [4.78, 5) is 1.37. The third-order valence-corrected chi connectivity index (χ3v) is 5.98. The normalized spacial score (nSPS) is 20.1. The summed E-state index contributed by atoms with van der Waals surface area (Å²) in [5.74, 6) is -5.59. The Labute approximate surface area is 172 Å². The van der Waals surface area contributed by atoms with Gasteiger partial charge in [-0.1, -0.05) is 11.8 Å². The summed E-state index contributed by atoms with van der Waals surface area (Å²) in [6.45, 7) is 0.523. The van der Waals surface area contributed by atoms with Gasteiger partial charge in [-0.15, -0.1) is 0 Å². The zero-order valence-electron chi connectivity index (χ0n) is 15.7. The fraction of sp³-hybridized carbons (Fsp3) is 0.400. The molecule has 0 aromatic heterocycles. The van der Waals surface area contributed by atoms with Gasteiger partial charge in [0.05, 0.1) is 11.3 Å². The maximum atomic E-state index is 14.9. The second-order valence-electron chi connectivity index (χ2n) is 7.26. The van der Waals surface area contributed by atoms with Crippen molar-refractivity contribution in [2.24, 2.45) is 5.92 Å². The van der Waals surface area contributed by atoms with E-state index in [9.17, 15) is 35.8 Å². The molecule has 0 aliphatic carbocycles. The fourth-order valence-corrected chi connectivity index (χ4v) is 4.38. The van der Waals surface area contributed by atoms with Crippen molar-refractivity contribution in [1.29, 1.82) is 0 Å². The number of aromatic hydroxyl groups is 1. The third-order valence-electron chi connectivity index (χ3n) is 4.79. The molecule has 0 spiro atoms. The maximum Gasteiger partial charge on any atom is 0.420 e. The number of anilines is 2. The molecule has 1 heterocycles. The quantitative estimate of drug-likeness (QED) is 0.498. The molecule has 0 saturated heterocycles. The van der Waals surface area contributed by atoms with Crippen LogP contribution in [0.4, 0.5) is 42.1 Å². The summed E-state index contributed by atoms with van der Waals surface area (Å²) < 4.78 is 94.9. The van der Waals surface area contributed by atoms with Gasteiger partial charge in [-0.3, -0.25) is 0 Å². The van der Waals surface area contributed by atoms with Crippen LogP contribution in [0.25, 0.3) is 0 Å². The number of fused-ring (bicyclic) bond motifs is 1. The van der Waals surface area contributed by atoms with Crippen LogP contribution in [0.15, 0.2) is 41.3 Å². The van der Waals surface area contributed by atoms with Gasteiger partial charge in [-0.05, 0) is 49.7 Å². The summed E-state index contributed by atoms with van der Waals surface area (Å²) in [6.07, 6.45) is -5.66. The summed E-state index contributed by atoms with van der Waals surface area (Å²) in [5.41, 5.74) is -2.75. The first kappa shape index (κ1) is 22.6. The van der Waals surface area contributed by atoms with Gasteiger partial charge in [0, 0.05) is 29.5 Å². The third kappa shape index (κ3) is 5.14. The largest absolute Gasteiger partial charge is 0.507 e. The number of alkyl halides is 6. The highest BCUT2D eigenvalue weighted by Crippen LogP contribution is 2.49. The lowest BCUT2D eigenvalue weighted by molar-refractivity contribution is -0.138. The molecule has 3 rings (SSSR count). The van der Waals surface area contributed by atoms with Crippen molar-refractivity contribution in [2.45, 2.75) is 42.3 Å². The van der Waals surface area contributed by atoms with Crippen LogP contribution in [0.5, 0.6) is 5.75 Å². The number of rotatable bonds is 4. The molecule has 164 valence electrons. The summed E-state index contributed by atoms with van der Waals surface area (Å²) in [7, 11) is 0. The molecule has 2 nitrogen and oxygen atoms in total. The van der Waals surface area contributed by atoms with Crippen LogP contribution in [-0.4, -0.2) is 23.1 Å². The average Bonchev–Trinajstić information content (AvgIpc) is 2.74. The van der Waals surface area contributed by atoms with Crippen LogP contribution in [0, 0.1) is 11.7 Å². The van der Waals surface area contributed by atoms with Crippen molar-refractivity contribution in [3.05, 3.63) is 47.8 Å². The van der Waals surface area contributed by atoms with Crippen LogP contribution in [-0.2, 0) is 6.18 Å². The lowest BCUT2D eigenvalue weighted by atomic mass is 10.00. The van der Waals surface area contributed by atoms with E-state index in [2.05, 4.69) is 0 Å². The zero-order valence-corrected chi connectivity index (χ0v) is 16.5. The van der Waals surface area contributed by atoms with Gasteiger partial charge in [-0.2, -0.15) is 13.2 Å². The Morgan fingerprint density at radius 3 is 2.30 bits per heavy atom. The standard InChI is InChI=1S/C20H18F7NOS/c1-19(23,24)7-6-11-10-28(13-4-2-12(21)3-5-13)15-8-14(20(25,26)27)16(29)9-17(15)30-18(11)22/h2-5,8-9,11,18,29H,6-7,10H2,1H3/t11-,18+/m1/s1. The van der Waals surface area contributed by atoms with Crippen molar-refractivity contribution < 1.29 is 35.8 Å². The second kappa shape index (κ2) is 8.20. The predicted molar refractivity (Wildman–Crippen MR) is 101 cm³/mol. The number of hydrogen-bond acceptors (Lipinski definition) is 3. The lowest BCUT2D eigenvalue weighted by Gasteiger charge is -2.29. The summed E-state index contributed by atoms with van der Waals surface area (Å²) in [6, 6.07) is 6.34. The zero-order chi connectivity index (χ0) is 22.3. The highest BCUT2D eigenvalue weighted by atomic mass is 32.2. The molecule has 10 heteroatoms. The molecule has 0 amide bonds.